The summed E-state index contributed by atoms with van der Waals surface area (Å²) in [4.78, 5) is 25.0. The predicted molar refractivity (Wildman–Crippen MR) is 73.7 cm³/mol. The van der Waals surface area contributed by atoms with Crippen LogP contribution < -0.4 is 5.73 Å². The Morgan fingerprint density at radius 2 is 2.21 bits per heavy atom. The molecule has 13 nitrogen and oxygen atoms in total. The van der Waals surface area contributed by atoms with Gasteiger partial charge in [-0.1, -0.05) is 5.16 Å². The SMILES string of the molecule is Cn1ncc2c1[C@@H](/C(=N/O)C(N)=O)N1C[C@@H]2N(OS(=O)(=O)O)C1=O. The van der Waals surface area contributed by atoms with Crippen molar-refractivity contribution in [3.8, 4) is 0 Å². The summed E-state index contributed by atoms with van der Waals surface area (Å²) >= 11 is 0. The second-order valence-corrected chi connectivity index (χ2v) is 6.14. The van der Waals surface area contributed by atoms with Crippen LogP contribution in [-0.4, -0.2) is 62.1 Å². The fourth-order valence-corrected chi connectivity index (χ4v) is 3.31. The van der Waals surface area contributed by atoms with Crippen LogP contribution in [0, 0.1) is 0 Å². The fourth-order valence-electron chi connectivity index (χ4n) is 2.94. The van der Waals surface area contributed by atoms with Gasteiger partial charge in [-0.25, -0.2) is 4.79 Å². The van der Waals surface area contributed by atoms with E-state index in [-0.39, 0.29) is 6.54 Å². The van der Waals surface area contributed by atoms with Crippen LogP contribution in [0.2, 0.25) is 0 Å². The maximum absolute atomic E-state index is 12.4. The van der Waals surface area contributed by atoms with Gasteiger partial charge in [-0.3, -0.25) is 14.0 Å². The Labute approximate surface area is 134 Å². The molecule has 1 aromatic heterocycles. The molecule has 0 saturated carbocycles. The molecule has 2 atom stereocenters. The quantitative estimate of drug-likeness (QED) is 0.246. The van der Waals surface area contributed by atoms with Crippen molar-refractivity contribution < 1.29 is 32.1 Å². The Morgan fingerprint density at radius 3 is 2.75 bits per heavy atom. The van der Waals surface area contributed by atoms with Crippen molar-refractivity contribution in [3.63, 3.8) is 0 Å². The highest BCUT2D eigenvalue weighted by molar-refractivity contribution is 7.80. The molecule has 0 aromatic carbocycles. The summed E-state index contributed by atoms with van der Waals surface area (Å²) < 4.78 is 36.5. The molecule has 0 spiro atoms. The molecule has 130 valence electrons. The number of nitrogens with zero attached hydrogens (tertiary/aromatic N) is 5. The zero-order valence-electron chi connectivity index (χ0n) is 12.1. The number of nitrogens with two attached hydrogens (primary N) is 1. The van der Waals surface area contributed by atoms with Gasteiger partial charge >= 0.3 is 16.4 Å². The molecule has 0 aliphatic carbocycles. The van der Waals surface area contributed by atoms with Crippen molar-refractivity contribution in [1.29, 1.82) is 0 Å². The largest absolute Gasteiger partial charge is 0.418 e. The maximum Gasteiger partial charge on any atom is 0.418 e. The third kappa shape index (κ3) is 2.27. The standard InChI is InChI=1S/C10H12N6O7S/c1-14-7-4(2-12-14)5-3-15(8(7)6(13-19)9(11)17)10(18)16(5)23-24(20,21)22/h2,5,8,19H,3H2,1H3,(H2,11,17)(H,20,21,22)/b13-6-/t5-,8+/m0/s1. The van der Waals surface area contributed by atoms with Crippen molar-refractivity contribution in [2.45, 2.75) is 12.1 Å². The molecular weight excluding hydrogens is 348 g/mol. The van der Waals surface area contributed by atoms with Crippen LogP contribution in [0.5, 0.6) is 0 Å². The van der Waals surface area contributed by atoms with E-state index in [1.807, 2.05) is 0 Å². The van der Waals surface area contributed by atoms with E-state index < -0.39 is 40.1 Å². The summed E-state index contributed by atoms with van der Waals surface area (Å²) in [6.07, 6.45) is 1.35. The summed E-state index contributed by atoms with van der Waals surface area (Å²) in [6.45, 7) is -0.0932. The number of carbonyl (C=O) groups excluding carboxylic acids is 2. The number of carbonyl (C=O) groups is 2. The summed E-state index contributed by atoms with van der Waals surface area (Å²) in [5.41, 5.74) is 5.32. The lowest BCUT2D eigenvalue weighted by atomic mass is 9.94. The molecule has 0 unspecified atom stereocenters. The lowest BCUT2D eigenvalue weighted by Crippen LogP contribution is -2.44. The van der Waals surface area contributed by atoms with Gasteiger partial charge in [0.05, 0.1) is 18.4 Å². The van der Waals surface area contributed by atoms with Crippen LogP contribution in [0.3, 0.4) is 0 Å². The third-order valence-corrected chi connectivity index (χ3v) is 4.17. The Hall–Kier alpha value is -2.71. The molecule has 1 fully saturated rings. The summed E-state index contributed by atoms with van der Waals surface area (Å²) in [7, 11) is -3.43. The van der Waals surface area contributed by atoms with Gasteiger partial charge in [0.2, 0.25) is 0 Å². The maximum atomic E-state index is 12.4. The minimum atomic E-state index is -4.95. The average Bonchev–Trinajstić information content (AvgIpc) is 2.96. The van der Waals surface area contributed by atoms with Gasteiger partial charge in [0.25, 0.3) is 5.91 Å². The Balaban J connectivity index is 2.16. The first-order valence-electron chi connectivity index (χ1n) is 6.46. The number of aryl methyl sites for hydroxylation is 1. The first kappa shape index (κ1) is 16.2. The number of primary amides is 1. The molecule has 2 aliphatic heterocycles. The minimum absolute atomic E-state index is 0.0932. The summed E-state index contributed by atoms with van der Waals surface area (Å²) in [5, 5.41) is 16.4. The smallest absolute Gasteiger partial charge is 0.410 e. The monoisotopic (exact) mass is 360 g/mol. The highest BCUT2D eigenvalue weighted by atomic mass is 32.3. The molecule has 3 rings (SSSR count). The van der Waals surface area contributed by atoms with E-state index in [2.05, 4.69) is 14.5 Å². The van der Waals surface area contributed by atoms with E-state index in [1.165, 1.54) is 17.9 Å². The molecule has 24 heavy (non-hydrogen) atoms. The van der Waals surface area contributed by atoms with Gasteiger partial charge in [-0.05, 0) is 0 Å². The number of oxime groups is 1. The normalized spacial score (nSPS) is 23.6. The van der Waals surface area contributed by atoms with Gasteiger partial charge in [-0.2, -0.15) is 18.6 Å². The second kappa shape index (κ2) is 5.15. The van der Waals surface area contributed by atoms with Crippen LogP contribution in [0.1, 0.15) is 23.3 Å². The number of hydroxylamine groups is 2. The van der Waals surface area contributed by atoms with Crippen LogP contribution >= 0.6 is 0 Å². The molecule has 4 N–H and O–H groups in total. The van der Waals surface area contributed by atoms with Crippen molar-refractivity contribution in [2.24, 2.45) is 17.9 Å². The van der Waals surface area contributed by atoms with Crippen LogP contribution in [0.15, 0.2) is 11.4 Å². The van der Waals surface area contributed by atoms with E-state index in [0.29, 0.717) is 16.3 Å². The Morgan fingerprint density at radius 1 is 1.54 bits per heavy atom. The first-order valence-corrected chi connectivity index (χ1v) is 7.82. The predicted octanol–water partition coefficient (Wildman–Crippen LogP) is -1.70. The number of aromatic nitrogens is 2. The number of rotatable bonds is 4. The fraction of sp³-hybridized carbons (Fsp3) is 0.400. The molecule has 2 bridgehead atoms. The van der Waals surface area contributed by atoms with Crippen molar-refractivity contribution in [3.05, 3.63) is 17.5 Å². The Bertz CT molecular complexity index is 861. The number of hydrogen-bond acceptors (Lipinski definition) is 8. The molecule has 2 aliphatic rings. The highest BCUT2D eigenvalue weighted by Gasteiger charge is 2.53. The lowest BCUT2D eigenvalue weighted by Gasteiger charge is -2.30. The topological polar surface area (TPSA) is 181 Å². The molecule has 3 amide bonds. The van der Waals surface area contributed by atoms with Gasteiger partial charge in [-0.15, -0.1) is 4.28 Å². The van der Waals surface area contributed by atoms with E-state index in [4.69, 9.17) is 15.5 Å². The molecular formula is C10H12N6O7S. The molecule has 1 saturated heterocycles. The van der Waals surface area contributed by atoms with Crippen molar-refractivity contribution in [1.82, 2.24) is 19.7 Å². The molecule has 0 radical (unpaired) electrons. The van der Waals surface area contributed by atoms with Crippen molar-refractivity contribution in [2.75, 3.05) is 6.54 Å². The van der Waals surface area contributed by atoms with Crippen molar-refractivity contribution >= 4 is 28.0 Å². The zero-order valence-corrected chi connectivity index (χ0v) is 12.9. The number of hydrogen-bond donors (Lipinski definition) is 3. The highest BCUT2D eigenvalue weighted by Crippen LogP contribution is 2.44. The molecule has 3 heterocycles. The minimum Gasteiger partial charge on any atom is -0.410 e. The van der Waals surface area contributed by atoms with E-state index in [0.717, 1.165) is 4.90 Å². The number of amides is 3. The number of fused-ring (bicyclic) bond motifs is 4. The zero-order chi connectivity index (χ0) is 17.8. The second-order valence-electron chi connectivity index (χ2n) is 5.14. The third-order valence-electron chi connectivity index (χ3n) is 3.82. The molecule has 1 aromatic rings. The van der Waals surface area contributed by atoms with Gasteiger partial charge in [0.15, 0.2) is 5.71 Å². The summed E-state index contributed by atoms with van der Waals surface area (Å²) in [5.74, 6) is -1.07. The van der Waals surface area contributed by atoms with Gasteiger partial charge in [0.1, 0.15) is 12.1 Å². The van der Waals surface area contributed by atoms with Gasteiger partial charge in [0, 0.05) is 12.6 Å². The van der Waals surface area contributed by atoms with Crippen LogP contribution in [0.25, 0.3) is 0 Å². The van der Waals surface area contributed by atoms with E-state index >= 15 is 0 Å². The average molecular weight is 360 g/mol. The summed E-state index contributed by atoms with van der Waals surface area (Å²) in [6, 6.07) is -3.04. The van der Waals surface area contributed by atoms with Crippen LogP contribution in [-0.2, 0) is 26.5 Å². The van der Waals surface area contributed by atoms with Gasteiger partial charge < -0.3 is 15.8 Å². The van der Waals surface area contributed by atoms with E-state index in [9.17, 15) is 18.0 Å². The lowest BCUT2D eigenvalue weighted by molar-refractivity contribution is -0.112. The first-order chi connectivity index (χ1) is 11.2. The number of urea groups is 1. The van der Waals surface area contributed by atoms with E-state index in [1.54, 1.807) is 0 Å². The van der Waals surface area contributed by atoms with Crippen LogP contribution in [0.4, 0.5) is 4.79 Å². The molecule has 14 heteroatoms. The Kier molecular flexibility index (Phi) is 3.47.